The van der Waals surface area contributed by atoms with Gasteiger partial charge < -0.3 is 25.0 Å². The highest BCUT2D eigenvalue weighted by atomic mass is 16.6. The van der Waals surface area contributed by atoms with Gasteiger partial charge in [0.1, 0.15) is 6.10 Å². The molecule has 6 heteroatoms. The van der Waals surface area contributed by atoms with E-state index in [0.29, 0.717) is 41.0 Å². The van der Waals surface area contributed by atoms with Crippen molar-refractivity contribution in [2.45, 2.75) is 137 Å². The van der Waals surface area contributed by atoms with Crippen LogP contribution in [-0.4, -0.2) is 53.4 Å². The van der Waals surface area contributed by atoms with Crippen molar-refractivity contribution in [3.8, 4) is 0 Å². The van der Waals surface area contributed by atoms with Crippen LogP contribution in [0.1, 0.15) is 107 Å². The number of hydrogen-bond donors (Lipinski definition) is 3. The molecule has 6 rings (SSSR count). The minimum absolute atomic E-state index is 0.0193. The number of aliphatic hydroxyl groups is 2. The summed E-state index contributed by atoms with van der Waals surface area (Å²) in [5.41, 5.74) is 0.435. The van der Waals surface area contributed by atoms with Crippen molar-refractivity contribution in [2.75, 3.05) is 6.54 Å². The van der Waals surface area contributed by atoms with E-state index in [0.717, 1.165) is 32.1 Å². The van der Waals surface area contributed by atoms with Gasteiger partial charge in [-0.25, -0.2) is 4.79 Å². The maximum Gasteiger partial charge on any atom is 0.407 e. The van der Waals surface area contributed by atoms with E-state index < -0.39 is 6.10 Å². The summed E-state index contributed by atoms with van der Waals surface area (Å²) in [6.45, 7) is 18.5. The predicted octanol–water partition coefficient (Wildman–Crippen LogP) is 5.93. The number of rotatable bonds is 4. The lowest BCUT2D eigenvalue weighted by atomic mass is 9.41. The van der Waals surface area contributed by atoms with Crippen LogP contribution in [-0.2, 0) is 9.47 Å². The average Bonchev–Trinajstić information content (AvgIpc) is 3.50. The van der Waals surface area contributed by atoms with Gasteiger partial charge >= 0.3 is 6.09 Å². The molecule has 5 aliphatic carbocycles. The first-order chi connectivity index (χ1) is 18.2. The first kappa shape index (κ1) is 28.3. The van der Waals surface area contributed by atoms with Gasteiger partial charge in [-0.3, -0.25) is 0 Å². The molecule has 5 saturated carbocycles. The van der Waals surface area contributed by atoms with E-state index >= 15 is 0 Å². The van der Waals surface area contributed by atoms with Gasteiger partial charge in [0.15, 0.2) is 0 Å². The van der Waals surface area contributed by atoms with Crippen LogP contribution in [0.5, 0.6) is 0 Å². The van der Waals surface area contributed by atoms with E-state index in [1.165, 1.54) is 19.3 Å². The third kappa shape index (κ3) is 3.40. The second kappa shape index (κ2) is 8.83. The number of amides is 1. The van der Waals surface area contributed by atoms with Crippen LogP contribution in [0.2, 0.25) is 0 Å². The smallest absolute Gasteiger partial charge is 0.407 e. The van der Waals surface area contributed by atoms with Gasteiger partial charge in [-0.2, -0.15) is 0 Å². The molecule has 0 radical (unpaired) electrons. The zero-order valence-corrected chi connectivity index (χ0v) is 25.8. The van der Waals surface area contributed by atoms with Crippen LogP contribution in [0.4, 0.5) is 4.79 Å². The Morgan fingerprint density at radius 3 is 2.36 bits per heavy atom. The average molecular weight is 546 g/mol. The third-order valence-corrected chi connectivity index (χ3v) is 14.4. The molecule has 1 amide bonds. The molecule has 0 aromatic rings. The molecule has 2 spiro atoms. The van der Waals surface area contributed by atoms with Gasteiger partial charge in [0.25, 0.3) is 0 Å². The number of alkyl carbamates (subject to hydrolysis) is 1. The Morgan fingerprint density at radius 2 is 1.69 bits per heavy atom. The molecule has 1 heterocycles. The van der Waals surface area contributed by atoms with E-state index in [4.69, 9.17) is 9.47 Å². The number of carbonyl (C=O) groups excluding carboxylic acids is 1. The van der Waals surface area contributed by atoms with Crippen molar-refractivity contribution in [3.63, 3.8) is 0 Å². The van der Waals surface area contributed by atoms with Crippen molar-refractivity contribution >= 4 is 6.09 Å². The predicted molar refractivity (Wildman–Crippen MR) is 151 cm³/mol. The fourth-order valence-electron chi connectivity index (χ4n) is 12.5. The molecule has 0 aromatic heterocycles. The Hall–Kier alpha value is -0.850. The number of fused-ring (bicyclic) bond motifs is 4. The molecule has 6 nitrogen and oxygen atoms in total. The number of carbonyl (C=O) groups is 1. The standard InChI is InChI=1S/C33H55NO5/c1-9-34-28(37)39-25(18(2)3)20-16-19(4)24-26(38-20)27(36)31(8)22-11-10-21-29(5,6)23(35)12-13-32(21)17-33(22,32)15-14-30(24,31)7/h18-27,35-36H,9-17H2,1-8H3,(H,34,37)/t19-,20-,21+,22+,23+,24+,25?,26+,27+,30-,31-,32-,33+/m1/s1. The minimum Gasteiger partial charge on any atom is -0.443 e. The Morgan fingerprint density at radius 1 is 1.03 bits per heavy atom. The quantitative estimate of drug-likeness (QED) is 0.407. The van der Waals surface area contributed by atoms with Crippen LogP contribution in [0.3, 0.4) is 0 Å². The molecule has 0 aromatic carbocycles. The Bertz CT molecular complexity index is 999. The fourth-order valence-corrected chi connectivity index (χ4v) is 12.5. The van der Waals surface area contributed by atoms with Crippen molar-refractivity contribution in [2.24, 2.45) is 56.7 Å². The first-order valence-electron chi connectivity index (χ1n) is 16.2. The van der Waals surface area contributed by atoms with Crippen LogP contribution < -0.4 is 5.32 Å². The molecule has 6 aliphatic rings. The molecular formula is C33H55NO5. The van der Waals surface area contributed by atoms with E-state index in [1.807, 2.05) is 6.92 Å². The highest BCUT2D eigenvalue weighted by Gasteiger charge is 2.84. The molecule has 13 atom stereocenters. The van der Waals surface area contributed by atoms with Crippen LogP contribution in [0.15, 0.2) is 0 Å². The van der Waals surface area contributed by atoms with Gasteiger partial charge in [-0.15, -0.1) is 0 Å². The summed E-state index contributed by atoms with van der Waals surface area (Å²) in [6.07, 6.45) is 7.07. The summed E-state index contributed by atoms with van der Waals surface area (Å²) in [6, 6.07) is 0. The van der Waals surface area contributed by atoms with E-state index in [-0.39, 0.29) is 52.7 Å². The van der Waals surface area contributed by atoms with Crippen LogP contribution in [0.25, 0.3) is 0 Å². The number of aliphatic hydroxyl groups excluding tert-OH is 2. The second-order valence-electron chi connectivity index (χ2n) is 16.2. The summed E-state index contributed by atoms with van der Waals surface area (Å²) >= 11 is 0. The number of ether oxygens (including phenoxy) is 2. The van der Waals surface area contributed by atoms with Gasteiger partial charge in [-0.1, -0.05) is 48.5 Å². The zero-order valence-electron chi connectivity index (χ0n) is 25.8. The molecule has 1 unspecified atom stereocenters. The molecular weight excluding hydrogens is 490 g/mol. The van der Waals surface area contributed by atoms with Crippen molar-refractivity contribution in [1.29, 1.82) is 0 Å². The maximum absolute atomic E-state index is 12.4. The topological polar surface area (TPSA) is 88.0 Å². The van der Waals surface area contributed by atoms with Gasteiger partial charge in [0, 0.05) is 12.0 Å². The lowest BCUT2D eigenvalue weighted by Gasteiger charge is -2.63. The Balaban J connectivity index is 1.31. The number of nitrogens with one attached hydrogen (secondary N) is 1. The summed E-state index contributed by atoms with van der Waals surface area (Å²) in [5, 5.41) is 26.1. The summed E-state index contributed by atoms with van der Waals surface area (Å²) in [5.74, 6) is 1.89. The highest BCUT2D eigenvalue weighted by Crippen LogP contribution is 2.89. The fraction of sp³-hybridized carbons (Fsp3) is 0.970. The van der Waals surface area contributed by atoms with E-state index in [1.54, 1.807) is 0 Å². The molecule has 6 fully saturated rings. The van der Waals surface area contributed by atoms with Gasteiger partial charge in [0.05, 0.1) is 24.4 Å². The van der Waals surface area contributed by atoms with Crippen LogP contribution in [0, 0.1) is 56.7 Å². The highest BCUT2D eigenvalue weighted by molar-refractivity contribution is 5.67. The maximum atomic E-state index is 12.4. The molecule has 1 saturated heterocycles. The van der Waals surface area contributed by atoms with Crippen LogP contribution >= 0.6 is 0 Å². The SMILES string of the molecule is CCNC(=O)OC(C(C)C)[C@H]1C[C@@H](C)[C@H]2[C@H](O1)[C@H](O)[C@@]1(C)[C@@H]3CC[C@H]4C(C)(C)[C@@H](O)CC[C@@]45C[C@@]35CC[C@]21C. The van der Waals surface area contributed by atoms with E-state index in [2.05, 4.69) is 53.8 Å². The van der Waals surface area contributed by atoms with Gasteiger partial charge in [-0.05, 0) is 110 Å². The number of hydrogen-bond acceptors (Lipinski definition) is 5. The molecule has 3 N–H and O–H groups in total. The van der Waals surface area contributed by atoms with Crippen molar-refractivity contribution in [3.05, 3.63) is 0 Å². The Kier molecular flexibility index (Phi) is 6.40. The molecule has 39 heavy (non-hydrogen) atoms. The van der Waals surface area contributed by atoms with Crippen molar-refractivity contribution < 1.29 is 24.5 Å². The summed E-state index contributed by atoms with van der Waals surface area (Å²) < 4.78 is 12.8. The first-order valence-corrected chi connectivity index (χ1v) is 16.2. The second-order valence-corrected chi connectivity index (χ2v) is 16.2. The molecule has 0 bridgehead atoms. The third-order valence-electron chi connectivity index (χ3n) is 14.4. The normalized spacial score (nSPS) is 53.9. The lowest BCUT2D eigenvalue weighted by molar-refractivity contribution is -0.184. The molecule has 1 aliphatic heterocycles. The van der Waals surface area contributed by atoms with Gasteiger partial charge in [0.2, 0.25) is 0 Å². The summed E-state index contributed by atoms with van der Waals surface area (Å²) in [4.78, 5) is 12.4. The largest absolute Gasteiger partial charge is 0.443 e. The Labute approximate surface area is 236 Å². The zero-order chi connectivity index (χ0) is 28.3. The molecule has 222 valence electrons. The van der Waals surface area contributed by atoms with E-state index in [9.17, 15) is 15.0 Å². The monoisotopic (exact) mass is 545 g/mol. The summed E-state index contributed by atoms with van der Waals surface area (Å²) in [7, 11) is 0. The lowest BCUT2D eigenvalue weighted by Crippen LogP contribution is -2.59. The minimum atomic E-state index is -0.520. The van der Waals surface area contributed by atoms with Crippen molar-refractivity contribution in [1.82, 2.24) is 5.32 Å².